The Labute approximate surface area is 132 Å². The Kier molecular flexibility index (Phi) is 4.68. The van der Waals surface area contributed by atoms with Gasteiger partial charge in [-0.05, 0) is 32.9 Å². The summed E-state index contributed by atoms with van der Waals surface area (Å²) in [7, 11) is 0. The Bertz CT molecular complexity index is 771. The number of hydrogen-bond acceptors (Lipinski definition) is 5. The summed E-state index contributed by atoms with van der Waals surface area (Å²) in [6.45, 7) is 5.76. The average Bonchev–Trinajstić information content (AvgIpc) is 2.82. The van der Waals surface area contributed by atoms with Crippen LogP contribution < -0.4 is 16.3 Å². The second-order valence-electron chi connectivity index (χ2n) is 5.86. The zero-order chi connectivity index (χ0) is 17.0. The molecule has 0 radical (unpaired) electrons. The average molecular weight is 321 g/mol. The van der Waals surface area contributed by atoms with Gasteiger partial charge in [0.1, 0.15) is 5.60 Å². The van der Waals surface area contributed by atoms with E-state index in [1.807, 2.05) is 0 Å². The Morgan fingerprint density at radius 2 is 1.96 bits per heavy atom. The second kappa shape index (κ2) is 6.51. The van der Waals surface area contributed by atoms with Crippen LogP contribution in [0.2, 0.25) is 0 Å². The number of aromatic amines is 1. The molecule has 0 fully saturated rings. The molecule has 9 nitrogen and oxygen atoms in total. The number of carbonyl (C=O) groups is 2. The predicted octanol–water partition coefficient (Wildman–Crippen LogP) is 0.277. The third-order valence-corrected chi connectivity index (χ3v) is 2.75. The number of fused-ring (bicyclic) bond motifs is 1. The SMILES string of the molecule is CC(C)(C)OC(=O)NCCNC(=O)c1ccc2n[nH]c(=O)n2c1. The maximum absolute atomic E-state index is 12.0. The fraction of sp³-hybridized carbons (Fsp3) is 0.429. The minimum atomic E-state index is -0.569. The van der Waals surface area contributed by atoms with Crippen molar-refractivity contribution in [3.63, 3.8) is 0 Å². The van der Waals surface area contributed by atoms with Crippen molar-refractivity contribution in [3.8, 4) is 0 Å². The molecule has 23 heavy (non-hydrogen) atoms. The molecule has 0 saturated heterocycles. The highest BCUT2D eigenvalue weighted by Gasteiger charge is 2.15. The van der Waals surface area contributed by atoms with E-state index >= 15 is 0 Å². The van der Waals surface area contributed by atoms with E-state index in [1.165, 1.54) is 10.6 Å². The summed E-state index contributed by atoms with van der Waals surface area (Å²) >= 11 is 0. The molecule has 3 N–H and O–H groups in total. The summed E-state index contributed by atoms with van der Waals surface area (Å²) in [6, 6.07) is 3.12. The first-order valence-electron chi connectivity index (χ1n) is 7.08. The Morgan fingerprint density at radius 1 is 1.26 bits per heavy atom. The van der Waals surface area contributed by atoms with Crippen LogP contribution in [0.4, 0.5) is 4.79 Å². The molecule has 2 heterocycles. The van der Waals surface area contributed by atoms with Crippen LogP contribution >= 0.6 is 0 Å². The molecule has 0 atom stereocenters. The van der Waals surface area contributed by atoms with Gasteiger partial charge in [-0.2, -0.15) is 5.10 Å². The summed E-state index contributed by atoms with van der Waals surface area (Å²) in [6.07, 6.45) is 0.857. The smallest absolute Gasteiger partial charge is 0.407 e. The van der Waals surface area contributed by atoms with E-state index in [9.17, 15) is 14.4 Å². The molecule has 0 aliphatic rings. The lowest BCUT2D eigenvalue weighted by atomic mass is 10.2. The first-order valence-corrected chi connectivity index (χ1v) is 7.08. The number of amides is 2. The van der Waals surface area contributed by atoms with Gasteiger partial charge in [0.25, 0.3) is 5.91 Å². The molecule has 0 aromatic carbocycles. The molecule has 124 valence electrons. The second-order valence-corrected chi connectivity index (χ2v) is 5.86. The summed E-state index contributed by atoms with van der Waals surface area (Å²) in [5.74, 6) is -0.356. The quantitative estimate of drug-likeness (QED) is 0.699. The first-order chi connectivity index (χ1) is 10.8. The number of nitrogens with zero attached hydrogens (tertiary/aromatic N) is 2. The largest absolute Gasteiger partial charge is 0.444 e. The van der Waals surface area contributed by atoms with Crippen LogP contribution in [0.3, 0.4) is 0 Å². The minimum Gasteiger partial charge on any atom is -0.444 e. The van der Waals surface area contributed by atoms with Gasteiger partial charge < -0.3 is 15.4 Å². The van der Waals surface area contributed by atoms with Crippen LogP contribution in [0.15, 0.2) is 23.1 Å². The van der Waals surface area contributed by atoms with E-state index in [2.05, 4.69) is 20.8 Å². The molecule has 9 heteroatoms. The third kappa shape index (κ3) is 4.56. The van der Waals surface area contributed by atoms with Gasteiger partial charge in [0.2, 0.25) is 0 Å². The maximum Gasteiger partial charge on any atom is 0.407 e. The van der Waals surface area contributed by atoms with Crippen LogP contribution in [0.25, 0.3) is 5.65 Å². The van der Waals surface area contributed by atoms with Crippen molar-refractivity contribution in [1.82, 2.24) is 25.2 Å². The van der Waals surface area contributed by atoms with E-state index < -0.39 is 17.4 Å². The van der Waals surface area contributed by atoms with Crippen molar-refractivity contribution in [1.29, 1.82) is 0 Å². The molecule has 0 aliphatic carbocycles. The number of alkyl carbamates (subject to hydrolysis) is 1. The highest BCUT2D eigenvalue weighted by Crippen LogP contribution is 2.06. The van der Waals surface area contributed by atoms with Crippen LogP contribution in [0.1, 0.15) is 31.1 Å². The highest BCUT2D eigenvalue weighted by atomic mass is 16.6. The molecular formula is C14H19N5O4. The number of pyridine rings is 1. The van der Waals surface area contributed by atoms with Gasteiger partial charge >= 0.3 is 11.8 Å². The van der Waals surface area contributed by atoms with Gasteiger partial charge in [0.15, 0.2) is 5.65 Å². The zero-order valence-corrected chi connectivity index (χ0v) is 13.2. The summed E-state index contributed by atoms with van der Waals surface area (Å²) in [5, 5.41) is 11.2. The highest BCUT2D eigenvalue weighted by molar-refractivity contribution is 5.94. The van der Waals surface area contributed by atoms with Gasteiger partial charge in [-0.3, -0.25) is 4.79 Å². The standard InChI is InChI=1S/C14H19N5O4/c1-14(2,3)23-13(22)16-7-6-15-11(20)9-4-5-10-17-18-12(21)19(10)8-9/h4-5,8H,6-7H2,1-3H3,(H,15,20)(H,16,22)(H,18,21). The number of hydrogen-bond donors (Lipinski definition) is 3. The summed E-state index contributed by atoms with van der Waals surface area (Å²) < 4.78 is 6.31. The Balaban J connectivity index is 1.83. The van der Waals surface area contributed by atoms with Crippen molar-refractivity contribution in [3.05, 3.63) is 34.4 Å². The number of ether oxygens (including phenoxy) is 1. The lowest BCUT2D eigenvalue weighted by Gasteiger charge is -2.19. The number of rotatable bonds is 4. The van der Waals surface area contributed by atoms with Crippen LogP contribution in [0.5, 0.6) is 0 Å². The van der Waals surface area contributed by atoms with E-state index in [0.717, 1.165) is 0 Å². The molecule has 2 aromatic rings. The van der Waals surface area contributed by atoms with Gasteiger partial charge in [0, 0.05) is 19.3 Å². The molecule has 0 spiro atoms. The number of H-pyrrole nitrogens is 1. The van der Waals surface area contributed by atoms with Crippen LogP contribution in [-0.2, 0) is 4.74 Å². The van der Waals surface area contributed by atoms with Gasteiger partial charge in [0.05, 0.1) is 5.56 Å². The molecule has 0 saturated carbocycles. The zero-order valence-electron chi connectivity index (χ0n) is 13.2. The van der Waals surface area contributed by atoms with Crippen molar-refractivity contribution in [2.24, 2.45) is 0 Å². The Hall–Kier alpha value is -2.84. The lowest BCUT2D eigenvalue weighted by Crippen LogP contribution is -2.37. The van der Waals surface area contributed by atoms with E-state index in [0.29, 0.717) is 11.2 Å². The van der Waals surface area contributed by atoms with Crippen molar-refractivity contribution < 1.29 is 14.3 Å². The monoisotopic (exact) mass is 321 g/mol. The van der Waals surface area contributed by atoms with Gasteiger partial charge in [-0.25, -0.2) is 19.1 Å². The van der Waals surface area contributed by atoms with E-state index in [4.69, 9.17) is 4.74 Å². The summed E-state index contributed by atoms with van der Waals surface area (Å²) in [5.41, 5.74) is -0.238. The van der Waals surface area contributed by atoms with Crippen molar-refractivity contribution in [2.75, 3.05) is 13.1 Å². The van der Waals surface area contributed by atoms with Crippen molar-refractivity contribution in [2.45, 2.75) is 26.4 Å². The fourth-order valence-electron chi connectivity index (χ4n) is 1.80. The first kappa shape index (κ1) is 16.5. The topological polar surface area (TPSA) is 118 Å². The molecule has 2 aromatic heterocycles. The molecular weight excluding hydrogens is 302 g/mol. The molecule has 2 rings (SSSR count). The lowest BCUT2D eigenvalue weighted by molar-refractivity contribution is 0.0526. The molecule has 0 unspecified atom stereocenters. The number of nitrogens with one attached hydrogen (secondary N) is 3. The van der Waals surface area contributed by atoms with Gasteiger partial charge in [-0.1, -0.05) is 0 Å². The van der Waals surface area contributed by atoms with Crippen LogP contribution in [-0.4, -0.2) is 45.3 Å². The number of carbonyl (C=O) groups excluding carboxylic acids is 2. The molecule has 2 amide bonds. The minimum absolute atomic E-state index is 0.231. The van der Waals surface area contributed by atoms with Crippen molar-refractivity contribution >= 4 is 17.6 Å². The third-order valence-electron chi connectivity index (χ3n) is 2.75. The normalized spacial score (nSPS) is 11.3. The summed E-state index contributed by atoms with van der Waals surface area (Å²) in [4.78, 5) is 34.9. The fourth-order valence-corrected chi connectivity index (χ4v) is 1.80. The Morgan fingerprint density at radius 3 is 2.65 bits per heavy atom. The van der Waals surface area contributed by atoms with Crippen LogP contribution in [0, 0.1) is 0 Å². The number of aromatic nitrogens is 3. The molecule has 0 bridgehead atoms. The predicted molar refractivity (Wildman–Crippen MR) is 82.4 cm³/mol. The van der Waals surface area contributed by atoms with Gasteiger partial charge in [-0.15, -0.1) is 0 Å². The van der Waals surface area contributed by atoms with E-state index in [-0.39, 0.29) is 19.0 Å². The molecule has 0 aliphatic heterocycles. The van der Waals surface area contributed by atoms with E-state index in [1.54, 1.807) is 32.9 Å². The maximum atomic E-state index is 12.0.